The molecule has 0 bridgehead atoms. The number of hydrogen-bond donors (Lipinski definition) is 2. The minimum atomic E-state index is -0.541. The van der Waals surface area contributed by atoms with E-state index in [0.29, 0.717) is 72.6 Å². The molecule has 0 amide bonds. The van der Waals surface area contributed by atoms with E-state index in [1.165, 1.54) is 0 Å². The van der Waals surface area contributed by atoms with Crippen LogP contribution in [-0.2, 0) is 35.0 Å². The zero-order chi connectivity index (χ0) is 29.0. The minimum absolute atomic E-state index is 0.268. The summed E-state index contributed by atoms with van der Waals surface area (Å²) in [5, 5.41) is 10.8. The molecular weight excluding hydrogens is 540 g/mol. The topological polar surface area (TPSA) is 114 Å². The van der Waals surface area contributed by atoms with Gasteiger partial charge in [-0.1, -0.05) is 48.5 Å². The molecule has 1 saturated heterocycles. The van der Waals surface area contributed by atoms with Crippen molar-refractivity contribution in [2.45, 2.75) is 12.6 Å². The van der Waals surface area contributed by atoms with Crippen molar-refractivity contribution in [3.63, 3.8) is 0 Å². The highest BCUT2D eigenvalue weighted by Gasteiger charge is 2.22. The number of fused-ring (bicyclic) bond motifs is 2. The van der Waals surface area contributed by atoms with E-state index in [0.717, 1.165) is 27.1 Å². The molecule has 10 nitrogen and oxygen atoms in total. The molecule has 4 aromatic rings. The standard InChI is InChI=1S/C32H38N2O8/c35-31-29(33-20-25-22-41-16-15-39-12-11-37-9-10-38-13-14-40-17-18-42-25)30(32(31)36)34-21-28-26-7-3-1-5-23(26)19-24-6-2-4-8-27(24)28/h1-8,19,25,33-34H,9-18,20-22H2. The van der Waals surface area contributed by atoms with Crippen LogP contribution in [0.5, 0.6) is 0 Å². The average molecular weight is 579 g/mol. The van der Waals surface area contributed by atoms with Crippen molar-refractivity contribution in [2.75, 3.05) is 89.9 Å². The van der Waals surface area contributed by atoms with Gasteiger partial charge in [-0.05, 0) is 33.2 Å². The van der Waals surface area contributed by atoms with Gasteiger partial charge in [0.1, 0.15) is 11.4 Å². The molecule has 2 N–H and O–H groups in total. The molecule has 1 aliphatic heterocycles. The smallest absolute Gasteiger partial charge is 0.253 e. The number of anilines is 2. The Labute approximate surface area is 244 Å². The van der Waals surface area contributed by atoms with E-state index in [1.54, 1.807) is 0 Å². The predicted molar refractivity (Wildman–Crippen MR) is 162 cm³/mol. The molecule has 42 heavy (non-hydrogen) atoms. The Kier molecular flexibility index (Phi) is 11.3. The van der Waals surface area contributed by atoms with Gasteiger partial charge in [-0.25, -0.2) is 0 Å². The van der Waals surface area contributed by atoms with Gasteiger partial charge in [0.2, 0.25) is 0 Å². The first-order chi connectivity index (χ1) is 20.7. The van der Waals surface area contributed by atoms with Crippen molar-refractivity contribution in [1.82, 2.24) is 0 Å². The van der Waals surface area contributed by atoms with Crippen LogP contribution in [0.15, 0.2) is 64.2 Å². The monoisotopic (exact) mass is 578 g/mol. The largest absolute Gasteiger partial charge is 0.377 e. The summed E-state index contributed by atoms with van der Waals surface area (Å²) in [5.41, 5.74) is 0.560. The van der Waals surface area contributed by atoms with Gasteiger partial charge in [-0.3, -0.25) is 9.59 Å². The zero-order valence-corrected chi connectivity index (χ0v) is 23.7. The fraction of sp³-hybridized carbons (Fsp3) is 0.438. The van der Waals surface area contributed by atoms with Gasteiger partial charge in [0.15, 0.2) is 0 Å². The summed E-state index contributed by atoms with van der Waals surface area (Å²) in [7, 11) is 0. The van der Waals surface area contributed by atoms with Crippen molar-refractivity contribution < 1.29 is 28.4 Å². The summed E-state index contributed by atoms with van der Waals surface area (Å²) in [6, 6.07) is 18.5. The van der Waals surface area contributed by atoms with Gasteiger partial charge in [0.25, 0.3) is 10.9 Å². The molecule has 0 aromatic heterocycles. The van der Waals surface area contributed by atoms with Gasteiger partial charge in [-0.2, -0.15) is 0 Å². The Bertz CT molecular complexity index is 1430. The summed E-state index contributed by atoms with van der Waals surface area (Å²) < 4.78 is 33.8. The van der Waals surface area contributed by atoms with Crippen molar-refractivity contribution in [1.29, 1.82) is 0 Å². The van der Waals surface area contributed by atoms with E-state index >= 15 is 0 Å². The van der Waals surface area contributed by atoms with Crippen LogP contribution in [0.1, 0.15) is 5.56 Å². The number of rotatable bonds is 6. The first-order valence-electron chi connectivity index (χ1n) is 14.4. The van der Waals surface area contributed by atoms with E-state index < -0.39 is 10.9 Å². The molecule has 0 saturated carbocycles. The van der Waals surface area contributed by atoms with Gasteiger partial charge in [0.05, 0.1) is 78.8 Å². The fourth-order valence-electron chi connectivity index (χ4n) is 4.95. The number of hydrogen-bond acceptors (Lipinski definition) is 10. The van der Waals surface area contributed by atoms with E-state index in [9.17, 15) is 9.59 Å². The second-order valence-corrected chi connectivity index (χ2v) is 9.96. The van der Waals surface area contributed by atoms with Crippen LogP contribution in [-0.4, -0.2) is 85.3 Å². The van der Waals surface area contributed by atoms with Gasteiger partial charge in [-0.15, -0.1) is 0 Å². The van der Waals surface area contributed by atoms with Crippen LogP contribution in [0.2, 0.25) is 0 Å². The molecule has 0 radical (unpaired) electrons. The molecule has 1 atom stereocenters. The predicted octanol–water partition coefficient (Wildman–Crippen LogP) is 3.09. The van der Waals surface area contributed by atoms with Crippen LogP contribution < -0.4 is 21.5 Å². The Balaban J connectivity index is 1.21. The maximum atomic E-state index is 12.6. The lowest BCUT2D eigenvalue weighted by Gasteiger charge is -2.21. The Morgan fingerprint density at radius 2 is 1.07 bits per heavy atom. The Morgan fingerprint density at radius 1 is 0.595 bits per heavy atom. The molecular formula is C32H38N2O8. The molecule has 10 heteroatoms. The zero-order valence-electron chi connectivity index (χ0n) is 23.7. The van der Waals surface area contributed by atoms with Crippen LogP contribution in [0.4, 0.5) is 11.4 Å². The molecule has 4 aromatic carbocycles. The SMILES string of the molecule is O=c1c(NCc2c3ccccc3cc3ccccc23)c(NCC2COCCOCCOCCOCCOCCO2)c1=O. The summed E-state index contributed by atoms with van der Waals surface area (Å²) in [6.45, 7) is 5.45. The van der Waals surface area contributed by atoms with Crippen molar-refractivity contribution in [2.24, 2.45) is 0 Å². The van der Waals surface area contributed by atoms with Crippen molar-refractivity contribution in [3.8, 4) is 0 Å². The summed E-state index contributed by atoms with van der Waals surface area (Å²) >= 11 is 0. The van der Waals surface area contributed by atoms with E-state index in [-0.39, 0.29) is 30.6 Å². The quantitative estimate of drug-likeness (QED) is 0.261. The van der Waals surface area contributed by atoms with Crippen LogP contribution in [0.3, 0.4) is 0 Å². The fourth-order valence-corrected chi connectivity index (χ4v) is 4.95. The summed E-state index contributed by atoms with van der Waals surface area (Å²) in [4.78, 5) is 25.1. The summed E-state index contributed by atoms with van der Waals surface area (Å²) in [5.74, 6) is 0. The van der Waals surface area contributed by atoms with Gasteiger partial charge >= 0.3 is 0 Å². The first kappa shape index (κ1) is 30.1. The second kappa shape index (κ2) is 15.7. The highest BCUT2D eigenvalue weighted by Crippen LogP contribution is 2.29. The number of nitrogens with one attached hydrogen (secondary N) is 2. The maximum absolute atomic E-state index is 12.6. The van der Waals surface area contributed by atoms with Crippen LogP contribution in [0, 0.1) is 0 Å². The average Bonchev–Trinajstić information content (AvgIpc) is 3.02. The minimum Gasteiger partial charge on any atom is -0.377 e. The molecule has 1 heterocycles. The van der Waals surface area contributed by atoms with Gasteiger partial charge in [0, 0.05) is 13.1 Å². The number of benzene rings is 3. The van der Waals surface area contributed by atoms with Crippen molar-refractivity contribution >= 4 is 32.9 Å². The number of ether oxygens (including phenoxy) is 6. The second-order valence-electron chi connectivity index (χ2n) is 9.96. The van der Waals surface area contributed by atoms with Crippen LogP contribution >= 0.6 is 0 Å². The summed E-state index contributed by atoms with van der Waals surface area (Å²) in [6.07, 6.45) is -0.369. The van der Waals surface area contributed by atoms with E-state index in [1.807, 2.05) is 24.3 Å². The molecule has 1 aliphatic rings. The maximum Gasteiger partial charge on any atom is 0.253 e. The van der Waals surface area contributed by atoms with Gasteiger partial charge < -0.3 is 39.1 Å². The highest BCUT2D eigenvalue weighted by molar-refractivity contribution is 6.02. The normalized spacial score (nSPS) is 18.9. The Hall–Kier alpha value is -3.38. The highest BCUT2D eigenvalue weighted by atomic mass is 16.6. The lowest BCUT2D eigenvalue weighted by molar-refractivity contribution is -0.0564. The molecule has 0 spiro atoms. The molecule has 1 fully saturated rings. The first-order valence-corrected chi connectivity index (χ1v) is 14.4. The lowest BCUT2D eigenvalue weighted by atomic mass is 9.96. The third-order valence-electron chi connectivity index (χ3n) is 7.11. The Morgan fingerprint density at radius 3 is 1.64 bits per heavy atom. The van der Waals surface area contributed by atoms with Crippen molar-refractivity contribution in [3.05, 3.63) is 80.6 Å². The lowest BCUT2D eigenvalue weighted by Crippen LogP contribution is -2.40. The molecule has 5 rings (SSSR count). The third-order valence-corrected chi connectivity index (χ3v) is 7.11. The van der Waals surface area contributed by atoms with E-state index in [4.69, 9.17) is 28.4 Å². The molecule has 1 unspecified atom stereocenters. The molecule has 0 aliphatic carbocycles. The third kappa shape index (κ3) is 7.91. The molecule has 224 valence electrons. The van der Waals surface area contributed by atoms with Crippen LogP contribution in [0.25, 0.3) is 21.5 Å². The van der Waals surface area contributed by atoms with E-state index in [2.05, 4.69) is 41.0 Å².